The van der Waals surface area contributed by atoms with Gasteiger partial charge in [0.25, 0.3) is 0 Å². The van der Waals surface area contributed by atoms with Crippen LogP contribution in [0.15, 0.2) is 36.1 Å². The van der Waals surface area contributed by atoms with Crippen LogP contribution in [0.25, 0.3) is 0 Å². The van der Waals surface area contributed by atoms with Gasteiger partial charge in [-0.2, -0.15) is 0 Å². The highest BCUT2D eigenvalue weighted by atomic mass is 35.5. The quantitative estimate of drug-likeness (QED) is 0.781. The molecule has 2 unspecified atom stereocenters. The van der Waals surface area contributed by atoms with Crippen LogP contribution < -0.4 is 0 Å². The highest BCUT2D eigenvalue weighted by Gasteiger charge is 2.34. The number of esters is 1. The molecule has 1 saturated heterocycles. The van der Waals surface area contributed by atoms with Crippen LogP contribution in [0.2, 0.25) is 5.02 Å². The van der Waals surface area contributed by atoms with Crippen molar-refractivity contribution >= 4 is 17.6 Å². The summed E-state index contributed by atoms with van der Waals surface area (Å²) in [5.74, 6) is 1.13. The summed E-state index contributed by atoms with van der Waals surface area (Å²) in [6.45, 7) is 1.12. The number of likely N-dealkylation sites (N-methyl/N-ethyl adjacent to an activating group) is 1. The van der Waals surface area contributed by atoms with Crippen molar-refractivity contribution in [1.29, 1.82) is 0 Å². The second-order valence-corrected chi connectivity index (χ2v) is 5.97. The van der Waals surface area contributed by atoms with Crippen molar-refractivity contribution in [2.24, 2.45) is 5.92 Å². The minimum Gasteiger partial charge on any atom is -0.428 e. The van der Waals surface area contributed by atoms with Gasteiger partial charge >= 0.3 is 5.97 Å². The van der Waals surface area contributed by atoms with Gasteiger partial charge in [0.2, 0.25) is 0 Å². The second kappa shape index (κ2) is 5.58. The van der Waals surface area contributed by atoms with Crippen LogP contribution in [-0.4, -0.2) is 30.5 Å². The smallest absolute Gasteiger partial charge is 0.344 e. The van der Waals surface area contributed by atoms with Crippen molar-refractivity contribution in [2.75, 3.05) is 13.6 Å². The van der Waals surface area contributed by atoms with Crippen LogP contribution in [0.3, 0.4) is 0 Å². The first-order valence-electron chi connectivity index (χ1n) is 7.03. The van der Waals surface area contributed by atoms with Crippen LogP contribution in [0.1, 0.15) is 29.6 Å². The number of halogens is 1. The average molecular weight is 292 g/mol. The van der Waals surface area contributed by atoms with E-state index in [-0.39, 0.29) is 5.97 Å². The van der Waals surface area contributed by atoms with E-state index in [0.717, 1.165) is 25.1 Å². The van der Waals surface area contributed by atoms with Crippen molar-refractivity contribution in [1.82, 2.24) is 4.90 Å². The molecule has 2 atom stereocenters. The molecule has 3 rings (SSSR count). The summed E-state index contributed by atoms with van der Waals surface area (Å²) in [6, 6.07) is 7.40. The fourth-order valence-electron chi connectivity index (χ4n) is 3.11. The third kappa shape index (κ3) is 2.60. The Kier molecular flexibility index (Phi) is 3.81. The first-order chi connectivity index (χ1) is 9.65. The van der Waals surface area contributed by atoms with Gasteiger partial charge in [0.1, 0.15) is 5.76 Å². The number of likely N-dealkylation sites (tertiary alicyclic amines) is 1. The summed E-state index contributed by atoms with van der Waals surface area (Å²) in [5.41, 5.74) is 0.428. The lowest BCUT2D eigenvalue weighted by molar-refractivity contribution is 0.0598. The number of hydrogen-bond acceptors (Lipinski definition) is 3. The molecule has 3 nitrogen and oxygen atoms in total. The number of carbonyl (C=O) groups excluding carboxylic acids is 1. The predicted octanol–water partition coefficient (Wildman–Crippen LogP) is 3.49. The number of nitrogens with zero attached hydrogens (tertiary/aromatic N) is 1. The number of allylic oxidation sites excluding steroid dienone is 1. The average Bonchev–Trinajstić information content (AvgIpc) is 2.81. The van der Waals surface area contributed by atoms with Gasteiger partial charge in [0, 0.05) is 12.5 Å². The van der Waals surface area contributed by atoms with Crippen LogP contribution in [-0.2, 0) is 4.74 Å². The molecular formula is C16H18ClNO2. The van der Waals surface area contributed by atoms with Crippen LogP contribution >= 0.6 is 11.6 Å². The minimum absolute atomic E-state index is 0.360. The van der Waals surface area contributed by atoms with Gasteiger partial charge in [-0.15, -0.1) is 0 Å². The molecule has 0 amide bonds. The molecule has 20 heavy (non-hydrogen) atoms. The SMILES string of the molecule is CN1CCC2CCC(OC(=O)c3ccccc3Cl)=CC21. The Bertz CT molecular complexity index is 555. The van der Waals surface area contributed by atoms with Crippen LogP contribution in [0, 0.1) is 5.92 Å². The summed E-state index contributed by atoms with van der Waals surface area (Å²) in [5, 5.41) is 0.435. The monoisotopic (exact) mass is 291 g/mol. The normalized spacial score (nSPS) is 26.0. The van der Waals surface area contributed by atoms with E-state index in [1.54, 1.807) is 24.3 Å². The maximum absolute atomic E-state index is 12.1. The third-order valence-electron chi connectivity index (χ3n) is 4.28. The molecule has 1 aliphatic heterocycles. The zero-order valence-corrected chi connectivity index (χ0v) is 12.3. The van der Waals surface area contributed by atoms with Gasteiger partial charge in [-0.25, -0.2) is 4.79 Å². The molecule has 1 fully saturated rings. The first-order valence-corrected chi connectivity index (χ1v) is 7.40. The lowest BCUT2D eigenvalue weighted by Crippen LogP contribution is -2.30. The zero-order valence-electron chi connectivity index (χ0n) is 11.5. The topological polar surface area (TPSA) is 29.5 Å². The molecule has 0 N–H and O–H groups in total. The van der Waals surface area contributed by atoms with Gasteiger partial charge in [-0.05, 0) is 50.6 Å². The summed E-state index contributed by atoms with van der Waals surface area (Å²) in [7, 11) is 2.12. The van der Waals surface area contributed by atoms with Gasteiger partial charge in [0.05, 0.1) is 10.6 Å². The van der Waals surface area contributed by atoms with E-state index in [1.165, 1.54) is 6.42 Å². The maximum Gasteiger partial charge on any atom is 0.344 e. The summed E-state index contributed by atoms with van der Waals surface area (Å²) >= 11 is 6.02. The number of benzene rings is 1. The second-order valence-electron chi connectivity index (χ2n) is 5.56. The molecule has 1 heterocycles. The lowest BCUT2D eigenvalue weighted by atomic mass is 9.89. The predicted molar refractivity (Wildman–Crippen MR) is 78.7 cm³/mol. The minimum atomic E-state index is -0.360. The van der Waals surface area contributed by atoms with E-state index in [0.29, 0.717) is 22.5 Å². The van der Waals surface area contributed by atoms with Gasteiger partial charge in [-0.1, -0.05) is 23.7 Å². The summed E-state index contributed by atoms with van der Waals surface area (Å²) < 4.78 is 5.53. The molecule has 106 valence electrons. The molecule has 1 aromatic rings. The van der Waals surface area contributed by atoms with E-state index in [4.69, 9.17) is 16.3 Å². The Morgan fingerprint density at radius 3 is 2.95 bits per heavy atom. The molecule has 1 aliphatic carbocycles. The molecule has 0 bridgehead atoms. The van der Waals surface area contributed by atoms with E-state index >= 15 is 0 Å². The zero-order chi connectivity index (χ0) is 14.1. The maximum atomic E-state index is 12.1. The molecule has 1 aromatic carbocycles. The van der Waals surface area contributed by atoms with E-state index in [9.17, 15) is 4.79 Å². The Hall–Kier alpha value is -1.32. The van der Waals surface area contributed by atoms with Crippen molar-refractivity contribution in [3.8, 4) is 0 Å². The molecule has 0 spiro atoms. The number of hydrogen-bond donors (Lipinski definition) is 0. The third-order valence-corrected chi connectivity index (χ3v) is 4.61. The number of rotatable bonds is 2. The lowest BCUT2D eigenvalue weighted by Gasteiger charge is -2.27. The highest BCUT2D eigenvalue weighted by molar-refractivity contribution is 6.33. The molecule has 0 saturated carbocycles. The van der Waals surface area contributed by atoms with Crippen molar-refractivity contribution in [3.05, 3.63) is 46.7 Å². The largest absolute Gasteiger partial charge is 0.428 e. The molecule has 4 heteroatoms. The molecule has 2 aliphatic rings. The van der Waals surface area contributed by atoms with E-state index in [2.05, 4.69) is 18.0 Å². The molecule has 0 radical (unpaired) electrons. The Labute approximate surface area is 124 Å². The van der Waals surface area contributed by atoms with Gasteiger partial charge < -0.3 is 4.74 Å². The van der Waals surface area contributed by atoms with Gasteiger partial charge in [0.15, 0.2) is 0 Å². The number of carbonyl (C=O) groups is 1. The van der Waals surface area contributed by atoms with E-state index < -0.39 is 0 Å². The summed E-state index contributed by atoms with van der Waals surface area (Å²) in [4.78, 5) is 14.5. The molecule has 0 aromatic heterocycles. The fourth-order valence-corrected chi connectivity index (χ4v) is 3.33. The Balaban J connectivity index is 1.74. The van der Waals surface area contributed by atoms with Gasteiger partial charge in [-0.3, -0.25) is 4.90 Å². The number of fused-ring (bicyclic) bond motifs is 1. The van der Waals surface area contributed by atoms with Crippen molar-refractivity contribution in [2.45, 2.75) is 25.3 Å². The van der Waals surface area contributed by atoms with Crippen molar-refractivity contribution in [3.63, 3.8) is 0 Å². The first kappa shape index (κ1) is 13.7. The number of ether oxygens (including phenoxy) is 1. The van der Waals surface area contributed by atoms with Crippen LogP contribution in [0.4, 0.5) is 0 Å². The van der Waals surface area contributed by atoms with Crippen LogP contribution in [0.5, 0.6) is 0 Å². The highest BCUT2D eigenvalue weighted by Crippen LogP contribution is 2.34. The standard InChI is InChI=1S/C16H18ClNO2/c1-18-9-8-11-6-7-12(10-15(11)18)20-16(19)13-4-2-3-5-14(13)17/h2-5,10-11,15H,6-9H2,1H3. The van der Waals surface area contributed by atoms with E-state index in [1.807, 2.05) is 0 Å². The van der Waals surface area contributed by atoms with Crippen molar-refractivity contribution < 1.29 is 9.53 Å². The molecular weight excluding hydrogens is 274 g/mol. The fraction of sp³-hybridized carbons (Fsp3) is 0.438. The Morgan fingerprint density at radius 1 is 1.35 bits per heavy atom. The summed E-state index contributed by atoms with van der Waals surface area (Å²) in [6.07, 6.45) is 5.28. The Morgan fingerprint density at radius 2 is 2.15 bits per heavy atom.